The Hall–Kier alpha value is -2.25. The van der Waals surface area contributed by atoms with Gasteiger partial charge in [-0.25, -0.2) is 14.2 Å². The first kappa shape index (κ1) is 14.7. The Morgan fingerprint density at radius 2 is 2.23 bits per heavy atom. The van der Waals surface area contributed by atoms with Crippen molar-refractivity contribution in [1.82, 2.24) is 9.97 Å². The third-order valence-electron chi connectivity index (χ3n) is 2.87. The summed E-state index contributed by atoms with van der Waals surface area (Å²) in [6.07, 6.45) is 0. The lowest BCUT2D eigenvalue weighted by molar-refractivity contribution is 0.0457. The van der Waals surface area contributed by atoms with E-state index in [0.29, 0.717) is 10.2 Å². The van der Waals surface area contributed by atoms with E-state index in [9.17, 15) is 14.0 Å². The summed E-state index contributed by atoms with van der Waals surface area (Å²) in [5.74, 6) is -1.51. The van der Waals surface area contributed by atoms with Crippen molar-refractivity contribution < 1.29 is 13.9 Å². The van der Waals surface area contributed by atoms with Crippen molar-refractivity contribution in [1.29, 1.82) is 0 Å². The minimum Gasteiger partial charge on any atom is -0.454 e. The van der Waals surface area contributed by atoms with Crippen LogP contribution in [0.5, 0.6) is 0 Å². The molecule has 0 saturated carbocycles. The van der Waals surface area contributed by atoms with E-state index < -0.39 is 11.8 Å². The number of carbonyl (C=O) groups is 1. The van der Waals surface area contributed by atoms with Crippen molar-refractivity contribution in [3.63, 3.8) is 0 Å². The van der Waals surface area contributed by atoms with Gasteiger partial charge in [-0.1, -0.05) is 17.7 Å². The number of ether oxygens (including phenoxy) is 1. The fourth-order valence-corrected chi connectivity index (χ4v) is 2.85. The van der Waals surface area contributed by atoms with Crippen LogP contribution in [0.3, 0.4) is 0 Å². The highest BCUT2D eigenvalue weighted by molar-refractivity contribution is 7.17. The molecule has 0 unspecified atom stereocenters. The zero-order chi connectivity index (χ0) is 15.7. The van der Waals surface area contributed by atoms with Gasteiger partial charge in [0.25, 0.3) is 5.56 Å². The Balaban J connectivity index is 1.82. The second-order valence-electron chi connectivity index (χ2n) is 4.32. The monoisotopic (exact) mass is 338 g/mol. The number of carbonyl (C=O) groups excluding carboxylic acids is 1. The number of aromatic nitrogens is 2. The number of hydrogen-bond donors (Lipinski definition) is 1. The molecular formula is C14H8ClFN2O3S. The average molecular weight is 339 g/mol. The van der Waals surface area contributed by atoms with E-state index >= 15 is 0 Å². The highest BCUT2D eigenvalue weighted by Crippen LogP contribution is 2.20. The van der Waals surface area contributed by atoms with Gasteiger partial charge in [-0.2, -0.15) is 0 Å². The normalized spacial score (nSPS) is 10.8. The number of H-pyrrole nitrogens is 1. The molecule has 0 aliphatic carbocycles. The Kier molecular flexibility index (Phi) is 3.91. The molecular weight excluding hydrogens is 331 g/mol. The molecule has 2 aromatic heterocycles. The standard InChI is InChI=1S/C14H8ClFN2O3S/c15-7-2-1-3-8(16)11(7)14(20)21-6-10-17-9-4-5-22-12(9)13(19)18-10/h1-5H,6H2,(H,17,18,19). The van der Waals surface area contributed by atoms with Crippen LogP contribution in [0.2, 0.25) is 5.02 Å². The molecule has 0 aliphatic rings. The maximum absolute atomic E-state index is 13.6. The summed E-state index contributed by atoms with van der Waals surface area (Å²) >= 11 is 7.05. The molecule has 1 aromatic carbocycles. The zero-order valence-corrected chi connectivity index (χ0v) is 12.5. The van der Waals surface area contributed by atoms with Crippen molar-refractivity contribution >= 4 is 39.1 Å². The number of esters is 1. The SMILES string of the molecule is O=C(OCc1nc2ccsc2c(=O)[nH]1)c1c(F)cccc1Cl. The van der Waals surface area contributed by atoms with E-state index in [4.69, 9.17) is 16.3 Å². The highest BCUT2D eigenvalue weighted by atomic mass is 35.5. The van der Waals surface area contributed by atoms with Gasteiger partial charge in [0, 0.05) is 0 Å². The minimum atomic E-state index is -0.920. The molecule has 3 aromatic rings. The van der Waals surface area contributed by atoms with Crippen LogP contribution in [0.4, 0.5) is 4.39 Å². The van der Waals surface area contributed by atoms with Gasteiger partial charge in [0.15, 0.2) is 0 Å². The quantitative estimate of drug-likeness (QED) is 0.745. The second kappa shape index (κ2) is 5.86. The van der Waals surface area contributed by atoms with Gasteiger partial charge in [-0.05, 0) is 23.6 Å². The molecule has 1 N–H and O–H groups in total. The first-order chi connectivity index (χ1) is 10.6. The molecule has 3 rings (SSSR count). The summed E-state index contributed by atoms with van der Waals surface area (Å²) in [7, 11) is 0. The van der Waals surface area contributed by atoms with Gasteiger partial charge < -0.3 is 9.72 Å². The first-order valence-corrected chi connectivity index (χ1v) is 7.39. The number of hydrogen-bond acceptors (Lipinski definition) is 5. The number of aromatic amines is 1. The van der Waals surface area contributed by atoms with Crippen LogP contribution >= 0.6 is 22.9 Å². The summed E-state index contributed by atoms with van der Waals surface area (Å²) in [4.78, 5) is 30.3. The molecule has 0 saturated heterocycles. The molecule has 0 spiro atoms. The van der Waals surface area contributed by atoms with Crippen LogP contribution in [-0.2, 0) is 11.3 Å². The van der Waals surface area contributed by atoms with Gasteiger partial charge in [0.2, 0.25) is 0 Å². The molecule has 112 valence electrons. The Labute approximate surface area is 132 Å². The van der Waals surface area contributed by atoms with Gasteiger partial charge in [0.1, 0.15) is 28.5 Å². The van der Waals surface area contributed by atoms with Gasteiger partial charge in [0.05, 0.1) is 10.5 Å². The molecule has 0 fully saturated rings. The Morgan fingerprint density at radius 3 is 3.00 bits per heavy atom. The molecule has 8 heteroatoms. The number of rotatable bonds is 3. The van der Waals surface area contributed by atoms with Crippen LogP contribution in [-0.4, -0.2) is 15.9 Å². The van der Waals surface area contributed by atoms with Crippen LogP contribution in [0.1, 0.15) is 16.2 Å². The minimum absolute atomic E-state index is 0.0419. The molecule has 0 atom stereocenters. The van der Waals surface area contributed by atoms with Gasteiger partial charge in [-0.15, -0.1) is 11.3 Å². The molecule has 2 heterocycles. The Bertz CT molecular complexity index is 902. The lowest BCUT2D eigenvalue weighted by Crippen LogP contribution is -2.14. The van der Waals surface area contributed by atoms with Crippen LogP contribution in [0.15, 0.2) is 34.4 Å². The fraction of sp³-hybridized carbons (Fsp3) is 0.0714. The summed E-state index contributed by atoms with van der Waals surface area (Å²) < 4.78 is 19.1. The van der Waals surface area contributed by atoms with Crippen molar-refractivity contribution in [3.8, 4) is 0 Å². The number of fused-ring (bicyclic) bond motifs is 1. The van der Waals surface area contributed by atoms with E-state index in [1.54, 1.807) is 11.4 Å². The number of thiophene rings is 1. The van der Waals surface area contributed by atoms with Gasteiger partial charge >= 0.3 is 5.97 Å². The average Bonchev–Trinajstić information content (AvgIpc) is 2.94. The molecule has 0 amide bonds. The molecule has 0 radical (unpaired) electrons. The molecule has 22 heavy (non-hydrogen) atoms. The zero-order valence-electron chi connectivity index (χ0n) is 10.9. The summed E-state index contributed by atoms with van der Waals surface area (Å²) in [6.45, 7) is -0.287. The highest BCUT2D eigenvalue weighted by Gasteiger charge is 2.17. The number of halogens is 2. The summed E-state index contributed by atoms with van der Waals surface area (Å²) in [6, 6.07) is 5.57. The van der Waals surface area contributed by atoms with Crippen LogP contribution in [0, 0.1) is 5.82 Å². The maximum atomic E-state index is 13.6. The number of nitrogens with one attached hydrogen (secondary N) is 1. The van der Waals surface area contributed by atoms with E-state index in [1.165, 1.54) is 23.5 Å². The Morgan fingerprint density at radius 1 is 1.41 bits per heavy atom. The smallest absolute Gasteiger partial charge is 0.343 e. The molecule has 5 nitrogen and oxygen atoms in total. The van der Waals surface area contributed by atoms with E-state index in [1.807, 2.05) is 0 Å². The molecule has 0 aliphatic heterocycles. The van der Waals surface area contributed by atoms with Crippen molar-refractivity contribution in [2.75, 3.05) is 0 Å². The number of nitrogens with zero attached hydrogens (tertiary/aromatic N) is 1. The third kappa shape index (κ3) is 2.72. The van der Waals surface area contributed by atoms with Gasteiger partial charge in [-0.3, -0.25) is 4.79 Å². The lowest BCUT2D eigenvalue weighted by atomic mass is 10.2. The van der Waals surface area contributed by atoms with E-state index in [-0.39, 0.29) is 28.6 Å². The topological polar surface area (TPSA) is 72.0 Å². The second-order valence-corrected chi connectivity index (χ2v) is 5.64. The largest absolute Gasteiger partial charge is 0.454 e. The predicted molar refractivity (Wildman–Crippen MR) is 80.8 cm³/mol. The van der Waals surface area contributed by atoms with Crippen molar-refractivity contribution in [3.05, 3.63) is 62.2 Å². The maximum Gasteiger partial charge on any atom is 0.343 e. The van der Waals surface area contributed by atoms with Crippen LogP contribution in [0.25, 0.3) is 10.2 Å². The van der Waals surface area contributed by atoms with E-state index in [2.05, 4.69) is 9.97 Å². The first-order valence-electron chi connectivity index (χ1n) is 6.14. The van der Waals surface area contributed by atoms with E-state index in [0.717, 1.165) is 6.07 Å². The number of benzene rings is 1. The summed E-state index contributed by atoms with van der Waals surface area (Å²) in [5, 5.41) is 1.70. The predicted octanol–water partition coefficient (Wildman–Crippen LogP) is 3.13. The van der Waals surface area contributed by atoms with Crippen LogP contribution < -0.4 is 5.56 Å². The van der Waals surface area contributed by atoms with Crippen molar-refractivity contribution in [2.45, 2.75) is 6.61 Å². The third-order valence-corrected chi connectivity index (χ3v) is 4.09. The lowest BCUT2D eigenvalue weighted by Gasteiger charge is -2.06. The summed E-state index contributed by atoms with van der Waals surface area (Å²) in [5.41, 5.74) is -0.137. The molecule has 0 bridgehead atoms. The fourth-order valence-electron chi connectivity index (χ4n) is 1.89. The van der Waals surface area contributed by atoms with Crippen molar-refractivity contribution in [2.24, 2.45) is 0 Å².